The second-order valence-electron chi connectivity index (χ2n) is 2.38. The van der Waals surface area contributed by atoms with E-state index in [2.05, 4.69) is 6.58 Å². The Labute approximate surface area is 119 Å². The van der Waals surface area contributed by atoms with Gasteiger partial charge in [0.25, 0.3) is 0 Å². The number of hydrogen-bond donors (Lipinski definition) is 2. The molecule has 0 aromatic heterocycles. The first-order valence-electron chi connectivity index (χ1n) is 3.92. The first kappa shape index (κ1) is 27.2. The summed E-state index contributed by atoms with van der Waals surface area (Å²) in [5.41, 5.74) is 0. The third-order valence-corrected chi connectivity index (χ3v) is 0.768. The van der Waals surface area contributed by atoms with Gasteiger partial charge in [-0.15, -0.1) is 6.58 Å². The molecule has 2 N–H and O–H groups in total. The monoisotopic (exact) mass is 312 g/mol. The summed E-state index contributed by atoms with van der Waals surface area (Å²) < 4.78 is 78.0. The van der Waals surface area contributed by atoms with E-state index in [0.29, 0.717) is 0 Å². The molecular weight excluding hydrogens is 305 g/mol. The van der Waals surface area contributed by atoms with Crippen LogP contribution in [0.2, 0.25) is 0 Å². The molecule has 0 heterocycles. The van der Waals surface area contributed by atoms with Gasteiger partial charge in [0.15, 0.2) is 5.92 Å². The van der Waals surface area contributed by atoms with Crippen molar-refractivity contribution in [2.24, 2.45) is 5.92 Å². The van der Waals surface area contributed by atoms with Crippen molar-refractivity contribution in [3.05, 3.63) is 12.7 Å². The van der Waals surface area contributed by atoms with Crippen LogP contribution in [0.3, 0.4) is 0 Å². The number of halogens is 8. The first-order valence-corrected chi connectivity index (χ1v) is 3.92. The number of carboxylic acids is 2. The van der Waals surface area contributed by atoms with Gasteiger partial charge in [0.1, 0.15) is 0 Å². The van der Waals surface area contributed by atoms with Crippen LogP contribution in [0.5, 0.6) is 0 Å². The third-order valence-electron chi connectivity index (χ3n) is 0.768. The summed E-state index contributed by atoms with van der Waals surface area (Å²) in [6.45, 7) is 3.04. The second-order valence-corrected chi connectivity index (χ2v) is 2.38. The minimum absolute atomic E-state index is 0. The zero-order valence-electron chi connectivity index (χ0n) is 8.75. The van der Waals surface area contributed by atoms with Gasteiger partial charge in [0, 0.05) is 0 Å². The Morgan fingerprint density at radius 3 is 1.00 bits per heavy atom. The summed E-state index contributed by atoms with van der Waals surface area (Å²) in [6.07, 6.45) is 0.866. The van der Waals surface area contributed by atoms with Crippen LogP contribution in [-0.2, 0) is 9.59 Å². The topological polar surface area (TPSA) is 74.6 Å². The van der Waals surface area contributed by atoms with Gasteiger partial charge in [-0.3, -0.25) is 9.59 Å². The van der Waals surface area contributed by atoms with E-state index in [1.54, 1.807) is 0 Å². The predicted octanol–water partition coefficient (Wildman–Crippen LogP) is 1.91. The third kappa shape index (κ3) is 54.1. The fourth-order valence-corrected chi connectivity index (χ4v) is 0.307. The van der Waals surface area contributed by atoms with E-state index < -0.39 is 32.4 Å². The summed E-state index contributed by atoms with van der Waals surface area (Å²) in [4.78, 5) is 19.8. The molecule has 0 fully saturated rings. The molecule has 4 nitrogen and oxygen atoms in total. The number of rotatable bonds is 3. The van der Waals surface area contributed by atoms with Gasteiger partial charge in [-0.05, 0) is 0 Å². The average Bonchev–Trinajstić information content (AvgIpc) is 1.95. The molecule has 0 aromatic carbocycles. The van der Waals surface area contributed by atoms with Gasteiger partial charge in [0.2, 0.25) is 0 Å². The minimum atomic E-state index is -6.00. The summed E-state index contributed by atoms with van der Waals surface area (Å²) in [6, 6.07) is 0. The summed E-state index contributed by atoms with van der Waals surface area (Å²) in [5, 5.41) is 16.2. The van der Waals surface area contributed by atoms with Gasteiger partial charge < -0.3 is 44.7 Å². The normalized spacial score (nSPS) is 10.1. The average molecular weight is 312 g/mol. The van der Waals surface area contributed by atoms with Gasteiger partial charge in [-0.2, -0.15) is 0 Å². The van der Waals surface area contributed by atoms with Crippen molar-refractivity contribution >= 4 is 45.3 Å². The Morgan fingerprint density at radius 2 is 1.00 bits per heavy atom. The maximum absolute atomic E-state index is 9.92. The molecule has 0 atom stereocenters. The maximum atomic E-state index is 9.92. The predicted molar refractivity (Wildman–Crippen MR) is 56.5 cm³/mol. The van der Waals surface area contributed by atoms with Crippen molar-refractivity contribution < 1.29 is 54.3 Å². The molecule has 116 valence electrons. The van der Waals surface area contributed by atoms with Crippen LogP contribution < -0.4 is 0 Å². The fraction of sp³-hybridized carbons (Fsp3) is 0.200. The fourth-order valence-electron chi connectivity index (χ4n) is 0.307. The first-order chi connectivity index (χ1) is 8.09. The molecule has 0 aliphatic rings. The standard InChI is InChI=1S/C5H6O4.2BF4.Li.H/c1-2-3(4(6)7)5(8)9;2*2-1(3,4)5;;/h2-3H,1H2,(H,6,7)(H,8,9);;;;/q;2*-1;;. The number of aliphatic carboxylic acids is 2. The van der Waals surface area contributed by atoms with E-state index in [1.165, 1.54) is 0 Å². The quantitative estimate of drug-likeness (QED) is 0.361. The molecule has 0 spiro atoms. The number of carboxylic acid groups (broad SMARTS) is 2. The van der Waals surface area contributed by atoms with Crippen molar-refractivity contribution in [3.63, 3.8) is 0 Å². The Bertz CT molecular complexity index is 268. The molecule has 0 amide bonds. The van der Waals surface area contributed by atoms with E-state index in [9.17, 15) is 44.1 Å². The Kier molecular flexibility index (Phi) is 15.9. The zero-order chi connectivity index (χ0) is 16.4. The van der Waals surface area contributed by atoms with Crippen LogP contribution >= 0.6 is 0 Å². The van der Waals surface area contributed by atoms with Crippen LogP contribution in [-0.4, -0.2) is 55.5 Å². The van der Waals surface area contributed by atoms with Crippen molar-refractivity contribution in [1.29, 1.82) is 0 Å². The Hall–Kier alpha value is -1.15. The van der Waals surface area contributed by atoms with Gasteiger partial charge in [0.05, 0.1) is 0 Å². The van der Waals surface area contributed by atoms with Gasteiger partial charge >= 0.3 is 45.3 Å². The molecule has 0 bridgehead atoms. The SMILES string of the molecule is C=CC(C(=O)O)C(=O)O.F[B-](F)(F)F.F[B-](F)(F)F.[LiH]. The number of carbonyl (C=O) groups is 2. The van der Waals surface area contributed by atoms with E-state index in [4.69, 9.17) is 10.2 Å². The molecule has 0 unspecified atom stereocenters. The van der Waals surface area contributed by atoms with Crippen molar-refractivity contribution in [2.75, 3.05) is 0 Å². The van der Waals surface area contributed by atoms with Crippen LogP contribution in [0.25, 0.3) is 0 Å². The summed E-state index contributed by atoms with van der Waals surface area (Å²) >= 11 is 0. The molecule has 0 aromatic rings. The molecule has 15 heteroatoms. The second kappa shape index (κ2) is 11.7. The molecule has 0 aliphatic carbocycles. The van der Waals surface area contributed by atoms with Crippen LogP contribution in [0.15, 0.2) is 12.7 Å². The van der Waals surface area contributed by atoms with E-state index in [-0.39, 0.29) is 18.9 Å². The molecule has 0 radical (unpaired) electrons. The van der Waals surface area contributed by atoms with Crippen LogP contribution in [0.1, 0.15) is 0 Å². The van der Waals surface area contributed by atoms with Crippen molar-refractivity contribution in [2.45, 2.75) is 0 Å². The van der Waals surface area contributed by atoms with Gasteiger partial charge in [-0.25, -0.2) is 0 Å². The van der Waals surface area contributed by atoms with E-state index in [1.807, 2.05) is 0 Å². The molecule has 0 saturated heterocycles. The Morgan fingerprint density at radius 1 is 0.850 bits per heavy atom. The molecule has 20 heavy (non-hydrogen) atoms. The molecule has 0 rings (SSSR count). The van der Waals surface area contributed by atoms with Gasteiger partial charge in [-0.1, -0.05) is 6.08 Å². The van der Waals surface area contributed by atoms with Crippen molar-refractivity contribution in [3.8, 4) is 0 Å². The van der Waals surface area contributed by atoms with Crippen LogP contribution in [0.4, 0.5) is 34.5 Å². The molecule has 0 aliphatic heterocycles. The number of hydrogen-bond acceptors (Lipinski definition) is 2. The Balaban J connectivity index is -0.000000101. The van der Waals surface area contributed by atoms with E-state index >= 15 is 0 Å². The van der Waals surface area contributed by atoms with Crippen molar-refractivity contribution in [1.82, 2.24) is 0 Å². The van der Waals surface area contributed by atoms with E-state index in [0.717, 1.165) is 6.08 Å². The zero-order valence-corrected chi connectivity index (χ0v) is 8.75. The van der Waals surface area contributed by atoms with Crippen LogP contribution in [0, 0.1) is 5.92 Å². The summed E-state index contributed by atoms with van der Waals surface area (Å²) in [5.74, 6) is -4.26. The molecular formula is C5H7B2F8LiO4-2. The molecule has 0 saturated carbocycles. The summed E-state index contributed by atoms with van der Waals surface area (Å²) in [7, 11) is -12.0.